The van der Waals surface area contributed by atoms with Crippen molar-refractivity contribution in [2.45, 2.75) is 6.18 Å². The number of nitriles is 2. The first kappa shape index (κ1) is 23.7. The number of esters is 1. The van der Waals surface area contributed by atoms with Crippen LogP contribution in [-0.4, -0.2) is 24.7 Å². The topological polar surface area (TPSA) is 107 Å². The van der Waals surface area contributed by atoms with Crippen LogP contribution in [0.1, 0.15) is 16.7 Å². The van der Waals surface area contributed by atoms with Gasteiger partial charge < -0.3 is 4.74 Å². The predicted molar refractivity (Wildman–Crippen MR) is 104 cm³/mol. The molecule has 31 heavy (non-hydrogen) atoms. The van der Waals surface area contributed by atoms with E-state index in [2.05, 4.69) is 9.84 Å². The van der Waals surface area contributed by atoms with E-state index in [-0.39, 0.29) is 16.1 Å². The van der Waals surface area contributed by atoms with Crippen molar-refractivity contribution in [3.8, 4) is 12.1 Å². The average molecular weight is 469 g/mol. The average Bonchev–Trinajstić information content (AvgIpc) is 2.73. The van der Waals surface area contributed by atoms with Gasteiger partial charge in [0.05, 0.1) is 34.4 Å². The molecule has 0 aliphatic heterocycles. The zero-order valence-corrected chi connectivity index (χ0v) is 16.9. The number of hydrogen-bond donors (Lipinski definition) is 0. The standard InChI is InChI=1S/C19H9Cl2F3N4O3/c1-31-18(30)17(29)28(16-13(20)6-12(7-14(16)21)19(22,23)24)27-15(9-26)11-4-2-10(8-25)3-5-11/h2-7H,1H3/b27-15+. The maximum absolute atomic E-state index is 13.0. The minimum Gasteiger partial charge on any atom is -0.462 e. The van der Waals surface area contributed by atoms with Crippen LogP contribution >= 0.6 is 23.2 Å². The van der Waals surface area contributed by atoms with E-state index in [1.54, 1.807) is 6.07 Å². The summed E-state index contributed by atoms with van der Waals surface area (Å²) in [5.74, 6) is -2.90. The van der Waals surface area contributed by atoms with Crippen LogP contribution in [0.25, 0.3) is 0 Å². The third-order valence-corrected chi connectivity index (χ3v) is 4.28. The van der Waals surface area contributed by atoms with Gasteiger partial charge in [0, 0.05) is 5.56 Å². The zero-order chi connectivity index (χ0) is 23.3. The third kappa shape index (κ3) is 5.31. The summed E-state index contributed by atoms with van der Waals surface area (Å²) in [6.07, 6.45) is -4.79. The fraction of sp³-hybridized carbons (Fsp3) is 0.105. The third-order valence-electron chi connectivity index (χ3n) is 3.70. The number of hydrogen-bond acceptors (Lipinski definition) is 6. The van der Waals surface area contributed by atoms with Crippen LogP contribution in [0, 0.1) is 22.7 Å². The fourth-order valence-electron chi connectivity index (χ4n) is 2.25. The first-order valence-electron chi connectivity index (χ1n) is 8.01. The maximum Gasteiger partial charge on any atom is 0.416 e. The van der Waals surface area contributed by atoms with Crippen molar-refractivity contribution in [2.24, 2.45) is 5.10 Å². The molecule has 0 saturated heterocycles. The van der Waals surface area contributed by atoms with Crippen molar-refractivity contribution in [2.75, 3.05) is 12.1 Å². The molecule has 0 aliphatic rings. The van der Waals surface area contributed by atoms with E-state index in [9.17, 15) is 28.0 Å². The van der Waals surface area contributed by atoms with E-state index in [1.165, 1.54) is 24.3 Å². The van der Waals surface area contributed by atoms with E-state index in [0.29, 0.717) is 12.1 Å². The van der Waals surface area contributed by atoms with Gasteiger partial charge in [0.25, 0.3) is 0 Å². The number of carbonyl (C=O) groups excluding carboxylic acids is 2. The van der Waals surface area contributed by atoms with Crippen LogP contribution in [0.5, 0.6) is 0 Å². The molecule has 0 spiro atoms. The number of carbonyl (C=O) groups is 2. The lowest BCUT2D eigenvalue weighted by atomic mass is 10.1. The Morgan fingerprint density at radius 3 is 2.06 bits per heavy atom. The Morgan fingerprint density at radius 2 is 1.65 bits per heavy atom. The monoisotopic (exact) mass is 468 g/mol. The maximum atomic E-state index is 13.0. The summed E-state index contributed by atoms with van der Waals surface area (Å²) in [4.78, 5) is 24.3. The highest BCUT2D eigenvalue weighted by molar-refractivity contribution is 6.44. The Balaban J connectivity index is 2.70. The molecule has 0 radical (unpaired) electrons. The van der Waals surface area contributed by atoms with Crippen LogP contribution in [0.3, 0.4) is 0 Å². The fourth-order valence-corrected chi connectivity index (χ4v) is 2.90. The zero-order valence-electron chi connectivity index (χ0n) is 15.4. The Hall–Kier alpha value is -3.60. The summed E-state index contributed by atoms with van der Waals surface area (Å²) < 4.78 is 43.4. The lowest BCUT2D eigenvalue weighted by Crippen LogP contribution is -2.35. The molecule has 0 heterocycles. The summed E-state index contributed by atoms with van der Waals surface area (Å²) in [5, 5.41) is 21.1. The molecule has 0 fully saturated rings. The van der Waals surface area contributed by atoms with Crippen LogP contribution in [0.15, 0.2) is 41.5 Å². The van der Waals surface area contributed by atoms with Crippen molar-refractivity contribution in [3.05, 3.63) is 63.1 Å². The number of rotatable bonds is 3. The number of hydrazone groups is 1. The van der Waals surface area contributed by atoms with Gasteiger partial charge in [0.2, 0.25) is 0 Å². The van der Waals surface area contributed by atoms with Gasteiger partial charge in [-0.1, -0.05) is 35.3 Å². The first-order chi connectivity index (χ1) is 14.5. The van der Waals surface area contributed by atoms with Gasteiger partial charge in [0.15, 0.2) is 5.71 Å². The summed E-state index contributed by atoms with van der Waals surface area (Å²) in [7, 11) is 0.893. The van der Waals surface area contributed by atoms with Gasteiger partial charge in [-0.05, 0) is 24.3 Å². The van der Waals surface area contributed by atoms with Gasteiger partial charge in [-0.3, -0.25) is 4.79 Å². The predicted octanol–water partition coefficient (Wildman–Crippen LogP) is 4.32. The number of methoxy groups -OCH3 is 1. The quantitative estimate of drug-likeness (QED) is 0.288. The van der Waals surface area contributed by atoms with Crippen LogP contribution in [0.2, 0.25) is 10.0 Å². The van der Waals surface area contributed by atoms with Gasteiger partial charge in [0.1, 0.15) is 11.8 Å². The van der Waals surface area contributed by atoms with Crippen molar-refractivity contribution in [1.82, 2.24) is 0 Å². The normalized spacial score (nSPS) is 11.3. The lowest BCUT2D eigenvalue weighted by molar-refractivity contribution is -0.151. The SMILES string of the molecule is COC(=O)C(=O)N(/N=C(\C#N)c1ccc(C#N)cc1)c1c(Cl)cc(C(F)(F)F)cc1Cl. The number of anilines is 1. The summed E-state index contributed by atoms with van der Waals surface area (Å²) >= 11 is 11.8. The van der Waals surface area contributed by atoms with E-state index in [0.717, 1.165) is 7.11 Å². The molecule has 0 saturated carbocycles. The van der Waals surface area contributed by atoms with Gasteiger partial charge in [-0.15, -0.1) is 0 Å². The summed E-state index contributed by atoms with van der Waals surface area (Å²) in [6, 6.07) is 9.98. The number of halogens is 5. The van der Waals surface area contributed by atoms with Crippen molar-refractivity contribution in [3.63, 3.8) is 0 Å². The second-order valence-electron chi connectivity index (χ2n) is 5.64. The molecular formula is C19H9Cl2F3N4O3. The smallest absolute Gasteiger partial charge is 0.416 e. The molecule has 0 N–H and O–H groups in total. The van der Waals surface area contributed by atoms with E-state index < -0.39 is 45.1 Å². The molecule has 12 heteroatoms. The number of amides is 1. The minimum absolute atomic E-state index is 0.142. The minimum atomic E-state index is -4.79. The summed E-state index contributed by atoms with van der Waals surface area (Å²) in [5.41, 5.74) is -1.77. The Bertz CT molecular complexity index is 1130. The molecule has 2 rings (SSSR count). The molecule has 0 aromatic heterocycles. The lowest BCUT2D eigenvalue weighted by Gasteiger charge is -2.20. The van der Waals surface area contributed by atoms with Crippen molar-refractivity contribution < 1.29 is 27.5 Å². The number of ether oxygens (including phenoxy) is 1. The second kappa shape index (κ2) is 9.47. The van der Waals surface area contributed by atoms with Crippen molar-refractivity contribution in [1.29, 1.82) is 10.5 Å². The van der Waals surface area contributed by atoms with Gasteiger partial charge in [-0.2, -0.15) is 33.8 Å². The second-order valence-corrected chi connectivity index (χ2v) is 6.46. The molecule has 2 aromatic carbocycles. The highest BCUT2D eigenvalue weighted by Crippen LogP contribution is 2.40. The molecule has 2 aromatic rings. The van der Waals surface area contributed by atoms with Gasteiger partial charge in [-0.25, -0.2) is 4.79 Å². The molecule has 1 amide bonds. The molecule has 0 bridgehead atoms. The first-order valence-corrected chi connectivity index (χ1v) is 8.77. The van der Waals surface area contributed by atoms with Crippen molar-refractivity contribution >= 4 is 46.5 Å². The van der Waals surface area contributed by atoms with E-state index >= 15 is 0 Å². The number of alkyl halides is 3. The molecule has 0 aliphatic carbocycles. The van der Waals surface area contributed by atoms with Crippen LogP contribution < -0.4 is 5.01 Å². The Labute approximate surface area is 183 Å². The van der Waals surface area contributed by atoms with Gasteiger partial charge >= 0.3 is 18.1 Å². The largest absolute Gasteiger partial charge is 0.462 e. The molecule has 7 nitrogen and oxygen atoms in total. The highest BCUT2D eigenvalue weighted by atomic mass is 35.5. The highest BCUT2D eigenvalue weighted by Gasteiger charge is 2.35. The van der Waals surface area contributed by atoms with E-state index in [4.69, 9.17) is 28.5 Å². The number of nitrogens with zero attached hydrogens (tertiary/aromatic N) is 4. The van der Waals surface area contributed by atoms with E-state index in [1.807, 2.05) is 6.07 Å². The molecule has 158 valence electrons. The summed E-state index contributed by atoms with van der Waals surface area (Å²) in [6.45, 7) is 0. The number of benzene rings is 2. The van der Waals surface area contributed by atoms with Crippen LogP contribution in [-0.2, 0) is 20.5 Å². The van der Waals surface area contributed by atoms with Crippen LogP contribution in [0.4, 0.5) is 18.9 Å². The molecule has 0 unspecified atom stereocenters. The Kier molecular flexibility index (Phi) is 7.24. The Morgan fingerprint density at radius 1 is 1.10 bits per heavy atom. The molecule has 0 atom stereocenters. The molecular weight excluding hydrogens is 460 g/mol.